The van der Waals surface area contributed by atoms with Crippen LogP contribution in [0.2, 0.25) is 0 Å². The quantitative estimate of drug-likeness (QED) is 0.932. The van der Waals surface area contributed by atoms with Crippen LogP contribution in [0.25, 0.3) is 0 Å². The van der Waals surface area contributed by atoms with Crippen LogP contribution in [0.4, 0.5) is 4.39 Å². The van der Waals surface area contributed by atoms with Crippen LogP contribution in [0.15, 0.2) is 48.7 Å². The molecule has 4 rings (SSSR count). The van der Waals surface area contributed by atoms with Crippen LogP contribution in [0.5, 0.6) is 0 Å². The van der Waals surface area contributed by atoms with Gasteiger partial charge in [0.1, 0.15) is 11.7 Å². The molecule has 1 aromatic heterocycles. The maximum absolute atomic E-state index is 15.0. The third-order valence-electron chi connectivity index (χ3n) is 5.63. The van der Waals surface area contributed by atoms with E-state index in [0.29, 0.717) is 17.2 Å². The van der Waals surface area contributed by atoms with Crippen molar-refractivity contribution in [3.05, 3.63) is 65.5 Å². The number of likely N-dealkylation sites (N-methyl/N-ethyl adjacent to an activating group) is 1. The van der Waals surface area contributed by atoms with Crippen molar-refractivity contribution >= 4 is 5.91 Å². The minimum absolute atomic E-state index is 0.147. The van der Waals surface area contributed by atoms with E-state index in [1.165, 1.54) is 18.4 Å². The van der Waals surface area contributed by atoms with Crippen molar-refractivity contribution in [3.63, 3.8) is 0 Å². The van der Waals surface area contributed by atoms with Gasteiger partial charge in [0.05, 0.1) is 5.92 Å². The van der Waals surface area contributed by atoms with Crippen LogP contribution in [-0.4, -0.2) is 35.6 Å². The first kappa shape index (κ1) is 16.2. The number of rotatable bonds is 4. The number of halogens is 1. The molecule has 3 atom stereocenters. The summed E-state index contributed by atoms with van der Waals surface area (Å²) in [5.41, 5.74) is 7.12. The Labute approximate surface area is 146 Å². The number of benzene rings is 1. The van der Waals surface area contributed by atoms with E-state index in [1.54, 1.807) is 11.9 Å². The van der Waals surface area contributed by atoms with Crippen LogP contribution in [0, 0.1) is 0 Å². The first-order valence-corrected chi connectivity index (χ1v) is 8.71. The van der Waals surface area contributed by atoms with Crippen LogP contribution in [0.3, 0.4) is 0 Å². The fraction of sp³-hybridized carbons (Fsp3) is 0.400. The molecule has 2 fully saturated rings. The Hall–Kier alpha value is -2.27. The standard InChI is InChI=1S/C20H22FN3O/c1-24-12-16(21)18(17-10-9-14(11-23-17)13-7-8-13)20(24,19(22)25)15-5-3-2-4-6-15/h2-6,9-11,13,16,18H,7-8,12H2,1H3,(H2,22,25)/t16?,18?,20-/m1/s1. The molecule has 2 unspecified atom stereocenters. The molecule has 2 heterocycles. The molecule has 1 saturated heterocycles. The summed E-state index contributed by atoms with van der Waals surface area (Å²) in [5, 5.41) is 0. The molecule has 4 nitrogen and oxygen atoms in total. The van der Waals surface area contributed by atoms with Gasteiger partial charge in [0, 0.05) is 18.4 Å². The molecular formula is C20H22FN3O. The smallest absolute Gasteiger partial charge is 0.243 e. The second-order valence-electron chi connectivity index (χ2n) is 7.16. The number of amides is 1. The summed E-state index contributed by atoms with van der Waals surface area (Å²) in [5.74, 6) is -0.672. The van der Waals surface area contributed by atoms with E-state index in [4.69, 9.17) is 5.73 Å². The monoisotopic (exact) mass is 339 g/mol. The molecule has 2 aliphatic rings. The zero-order valence-corrected chi connectivity index (χ0v) is 14.2. The Balaban J connectivity index is 1.83. The number of nitrogens with zero attached hydrogens (tertiary/aromatic N) is 2. The van der Waals surface area contributed by atoms with Gasteiger partial charge in [0.15, 0.2) is 0 Å². The topological polar surface area (TPSA) is 59.2 Å². The fourth-order valence-electron chi connectivity index (χ4n) is 4.24. The number of primary amides is 1. The Morgan fingerprint density at radius 2 is 1.96 bits per heavy atom. The number of pyridine rings is 1. The number of carbonyl (C=O) groups is 1. The minimum atomic E-state index is -1.23. The Bertz CT molecular complexity index is 775. The molecule has 5 heteroatoms. The zero-order chi connectivity index (χ0) is 17.6. The van der Waals surface area contributed by atoms with Gasteiger partial charge < -0.3 is 5.73 Å². The molecule has 0 radical (unpaired) electrons. The molecule has 1 saturated carbocycles. The highest BCUT2D eigenvalue weighted by Gasteiger charge is 2.59. The number of nitrogens with two attached hydrogens (primary N) is 1. The lowest BCUT2D eigenvalue weighted by atomic mass is 9.75. The number of hydrogen-bond acceptors (Lipinski definition) is 3. The number of carbonyl (C=O) groups excluding carboxylic acids is 1. The van der Waals surface area contributed by atoms with E-state index in [0.717, 1.165) is 0 Å². The third-order valence-corrected chi connectivity index (χ3v) is 5.63. The second kappa shape index (κ2) is 5.92. The van der Waals surface area contributed by atoms with Crippen molar-refractivity contribution in [2.24, 2.45) is 5.73 Å². The molecular weight excluding hydrogens is 317 g/mol. The Morgan fingerprint density at radius 3 is 2.52 bits per heavy atom. The molecule has 130 valence electrons. The van der Waals surface area contributed by atoms with Crippen molar-refractivity contribution in [2.45, 2.75) is 36.4 Å². The van der Waals surface area contributed by atoms with Crippen molar-refractivity contribution in [1.82, 2.24) is 9.88 Å². The van der Waals surface area contributed by atoms with Crippen molar-refractivity contribution in [1.29, 1.82) is 0 Å². The fourth-order valence-corrected chi connectivity index (χ4v) is 4.24. The van der Waals surface area contributed by atoms with E-state index in [-0.39, 0.29) is 6.54 Å². The average molecular weight is 339 g/mol. The number of likely N-dealkylation sites (tertiary alicyclic amines) is 1. The number of hydrogen-bond donors (Lipinski definition) is 1. The highest BCUT2D eigenvalue weighted by molar-refractivity contribution is 5.88. The van der Waals surface area contributed by atoms with E-state index in [1.807, 2.05) is 48.7 Å². The van der Waals surface area contributed by atoms with Gasteiger partial charge in [0.25, 0.3) is 0 Å². The zero-order valence-electron chi connectivity index (χ0n) is 14.2. The van der Waals surface area contributed by atoms with Crippen molar-refractivity contribution in [3.8, 4) is 0 Å². The van der Waals surface area contributed by atoms with Gasteiger partial charge >= 0.3 is 0 Å². The van der Waals surface area contributed by atoms with Gasteiger partial charge in [-0.1, -0.05) is 36.4 Å². The van der Waals surface area contributed by atoms with Crippen LogP contribution >= 0.6 is 0 Å². The van der Waals surface area contributed by atoms with E-state index in [2.05, 4.69) is 4.98 Å². The summed E-state index contributed by atoms with van der Waals surface area (Å²) in [6.07, 6.45) is 2.99. The highest BCUT2D eigenvalue weighted by Crippen LogP contribution is 2.49. The van der Waals surface area contributed by atoms with Crippen LogP contribution in [0.1, 0.15) is 41.5 Å². The summed E-state index contributed by atoms with van der Waals surface area (Å²) in [4.78, 5) is 18.9. The number of aromatic nitrogens is 1. The van der Waals surface area contributed by atoms with Gasteiger partial charge in [-0.25, -0.2) is 4.39 Å². The van der Waals surface area contributed by atoms with Gasteiger partial charge in [0.2, 0.25) is 5.91 Å². The Morgan fingerprint density at radius 1 is 1.24 bits per heavy atom. The average Bonchev–Trinajstić information content (AvgIpc) is 3.41. The Kier molecular flexibility index (Phi) is 3.84. The lowest BCUT2D eigenvalue weighted by Gasteiger charge is -2.38. The number of alkyl halides is 1. The lowest BCUT2D eigenvalue weighted by molar-refractivity contribution is -0.129. The maximum atomic E-state index is 15.0. The summed E-state index contributed by atoms with van der Waals surface area (Å²) in [7, 11) is 1.75. The van der Waals surface area contributed by atoms with Gasteiger partial charge in [-0.3, -0.25) is 14.7 Å². The largest absolute Gasteiger partial charge is 0.368 e. The van der Waals surface area contributed by atoms with Gasteiger partial charge in [-0.05, 0) is 43.0 Å². The summed E-state index contributed by atoms with van der Waals surface area (Å²) >= 11 is 0. The van der Waals surface area contributed by atoms with Crippen molar-refractivity contribution < 1.29 is 9.18 Å². The second-order valence-corrected chi connectivity index (χ2v) is 7.16. The predicted octanol–water partition coefficient (Wildman–Crippen LogP) is 2.71. The maximum Gasteiger partial charge on any atom is 0.243 e. The molecule has 1 aliphatic carbocycles. The van der Waals surface area contributed by atoms with E-state index < -0.39 is 23.5 Å². The van der Waals surface area contributed by atoms with E-state index >= 15 is 4.39 Å². The normalized spacial score (nSPS) is 29.7. The molecule has 0 bridgehead atoms. The molecule has 2 aromatic rings. The molecule has 1 aromatic carbocycles. The van der Waals surface area contributed by atoms with Crippen molar-refractivity contribution in [2.75, 3.05) is 13.6 Å². The summed E-state index contributed by atoms with van der Waals surface area (Å²) in [6.45, 7) is 0.147. The first-order chi connectivity index (χ1) is 12.0. The van der Waals surface area contributed by atoms with Crippen LogP contribution < -0.4 is 5.73 Å². The molecule has 25 heavy (non-hydrogen) atoms. The molecule has 0 spiro atoms. The third kappa shape index (κ3) is 2.45. The van der Waals surface area contributed by atoms with Gasteiger partial charge in [-0.2, -0.15) is 0 Å². The summed E-state index contributed by atoms with van der Waals surface area (Å²) < 4.78 is 15.0. The SMILES string of the molecule is CN1CC(F)C(c2ccc(C3CC3)cn2)[C@@]1(C(N)=O)c1ccccc1. The molecule has 1 amide bonds. The summed E-state index contributed by atoms with van der Waals surface area (Å²) in [6, 6.07) is 13.1. The van der Waals surface area contributed by atoms with Gasteiger partial charge in [-0.15, -0.1) is 0 Å². The molecule has 2 N–H and O–H groups in total. The highest BCUT2D eigenvalue weighted by atomic mass is 19.1. The van der Waals surface area contributed by atoms with E-state index in [9.17, 15) is 4.79 Å². The first-order valence-electron chi connectivity index (χ1n) is 8.71. The molecule has 1 aliphatic heterocycles. The minimum Gasteiger partial charge on any atom is -0.368 e. The van der Waals surface area contributed by atoms with Crippen LogP contribution in [-0.2, 0) is 10.3 Å². The lowest BCUT2D eigenvalue weighted by Crippen LogP contribution is -2.53. The predicted molar refractivity (Wildman–Crippen MR) is 93.8 cm³/mol.